The van der Waals surface area contributed by atoms with Crippen LogP contribution in [0.25, 0.3) is 0 Å². The van der Waals surface area contributed by atoms with Gasteiger partial charge in [-0.15, -0.1) is 11.3 Å². The van der Waals surface area contributed by atoms with Crippen molar-refractivity contribution in [3.63, 3.8) is 0 Å². The number of carbonyl (C=O) groups excluding carboxylic acids is 1. The number of aromatic carboxylic acids is 1. The van der Waals surface area contributed by atoms with Crippen LogP contribution in [0.4, 0.5) is 13.2 Å². The minimum absolute atomic E-state index is 0.00342. The second kappa shape index (κ2) is 10.7. The fourth-order valence-electron chi connectivity index (χ4n) is 4.13. The van der Waals surface area contributed by atoms with Crippen molar-refractivity contribution in [1.29, 1.82) is 0 Å². The highest BCUT2D eigenvalue weighted by Crippen LogP contribution is 2.30. The number of nitrogens with zero attached hydrogens (tertiary/aromatic N) is 1. The second-order valence-electron chi connectivity index (χ2n) is 8.23. The van der Waals surface area contributed by atoms with E-state index in [1.54, 1.807) is 17.0 Å². The van der Waals surface area contributed by atoms with Gasteiger partial charge in [-0.05, 0) is 55.9 Å². The third-order valence-corrected chi connectivity index (χ3v) is 6.90. The molecule has 2 aromatic rings. The van der Waals surface area contributed by atoms with Crippen LogP contribution in [0, 0.1) is 0 Å². The van der Waals surface area contributed by atoms with Crippen molar-refractivity contribution in [3.8, 4) is 0 Å². The lowest BCUT2D eigenvalue weighted by molar-refractivity contribution is -0.137. The number of hydrogen-bond acceptors (Lipinski definition) is 5. The van der Waals surface area contributed by atoms with Crippen molar-refractivity contribution in [2.75, 3.05) is 6.54 Å². The first-order chi connectivity index (χ1) is 15.5. The smallest absolute Gasteiger partial charge is 0.416 e. The number of aliphatic hydroxyl groups excluding tert-OH is 2. The van der Waals surface area contributed by atoms with Crippen LogP contribution < -0.4 is 0 Å². The van der Waals surface area contributed by atoms with Crippen molar-refractivity contribution >= 4 is 23.2 Å². The molecule has 0 saturated carbocycles. The highest BCUT2D eigenvalue weighted by Gasteiger charge is 2.38. The first-order valence-corrected chi connectivity index (χ1v) is 11.5. The third-order valence-electron chi connectivity index (χ3n) is 5.76. The Kier molecular flexibility index (Phi) is 8.14. The van der Waals surface area contributed by atoms with Gasteiger partial charge in [0, 0.05) is 11.4 Å². The Morgan fingerprint density at radius 2 is 2.00 bits per heavy atom. The average Bonchev–Trinajstić information content (AvgIpc) is 3.31. The molecule has 1 saturated heterocycles. The molecule has 0 bridgehead atoms. The van der Waals surface area contributed by atoms with Crippen molar-refractivity contribution in [3.05, 3.63) is 57.3 Å². The van der Waals surface area contributed by atoms with Crippen LogP contribution >= 0.6 is 11.3 Å². The zero-order valence-electron chi connectivity index (χ0n) is 17.8. The topological polar surface area (TPSA) is 98.1 Å². The largest absolute Gasteiger partial charge is 0.477 e. The maximum Gasteiger partial charge on any atom is 0.416 e. The van der Waals surface area contributed by atoms with Gasteiger partial charge in [-0.1, -0.05) is 18.2 Å². The van der Waals surface area contributed by atoms with Gasteiger partial charge < -0.3 is 20.2 Å². The van der Waals surface area contributed by atoms with Crippen LogP contribution in [0.3, 0.4) is 0 Å². The Morgan fingerprint density at radius 1 is 1.24 bits per heavy atom. The SMILES string of the molecule is O=C(O)c1ccc(CCCN2C(=O)C[C@@H](O)[C@@H]2CC[C@@H](O)Cc2cccc(C(F)(F)F)c2)s1. The van der Waals surface area contributed by atoms with Crippen LogP contribution in [0.15, 0.2) is 36.4 Å². The molecule has 1 aliphatic rings. The van der Waals surface area contributed by atoms with Gasteiger partial charge >= 0.3 is 12.1 Å². The number of amides is 1. The molecule has 3 N–H and O–H groups in total. The molecule has 0 spiro atoms. The fraction of sp³-hybridized carbons (Fsp3) is 0.478. The molecule has 0 aliphatic carbocycles. The molecule has 3 atom stereocenters. The van der Waals surface area contributed by atoms with Crippen LogP contribution in [0.5, 0.6) is 0 Å². The van der Waals surface area contributed by atoms with Crippen LogP contribution in [0.2, 0.25) is 0 Å². The molecule has 33 heavy (non-hydrogen) atoms. The number of rotatable bonds is 10. The van der Waals surface area contributed by atoms with Gasteiger partial charge in [0.15, 0.2) is 0 Å². The van der Waals surface area contributed by atoms with Gasteiger partial charge in [0.1, 0.15) is 4.88 Å². The summed E-state index contributed by atoms with van der Waals surface area (Å²) < 4.78 is 38.6. The number of hydrogen-bond donors (Lipinski definition) is 3. The summed E-state index contributed by atoms with van der Waals surface area (Å²) in [6.45, 7) is 0.393. The first kappa shape index (κ1) is 25.2. The van der Waals surface area contributed by atoms with E-state index in [9.17, 15) is 33.0 Å². The van der Waals surface area contributed by atoms with E-state index >= 15 is 0 Å². The molecular weight excluding hydrogens is 459 g/mol. The summed E-state index contributed by atoms with van der Waals surface area (Å²) in [5.41, 5.74) is -0.398. The predicted molar refractivity (Wildman–Crippen MR) is 116 cm³/mol. The van der Waals surface area contributed by atoms with Crippen molar-refractivity contribution in [2.45, 2.75) is 63.0 Å². The monoisotopic (exact) mass is 485 g/mol. The molecule has 2 heterocycles. The highest BCUT2D eigenvalue weighted by molar-refractivity contribution is 7.13. The maximum absolute atomic E-state index is 12.9. The summed E-state index contributed by atoms with van der Waals surface area (Å²) >= 11 is 1.19. The molecule has 180 valence electrons. The first-order valence-electron chi connectivity index (χ1n) is 10.7. The lowest BCUT2D eigenvalue weighted by Crippen LogP contribution is -2.38. The number of likely N-dealkylation sites (tertiary alicyclic amines) is 1. The molecule has 0 unspecified atom stereocenters. The minimum atomic E-state index is -4.45. The number of thiophene rings is 1. The van der Waals surface area contributed by atoms with E-state index in [4.69, 9.17) is 5.11 Å². The molecule has 1 fully saturated rings. The maximum atomic E-state index is 12.9. The van der Waals surface area contributed by atoms with Gasteiger partial charge in [0.2, 0.25) is 5.91 Å². The normalized spacial score (nSPS) is 19.8. The Bertz CT molecular complexity index is 977. The van der Waals surface area contributed by atoms with E-state index in [-0.39, 0.29) is 30.0 Å². The van der Waals surface area contributed by atoms with Crippen LogP contribution in [0.1, 0.15) is 51.4 Å². The molecule has 1 amide bonds. The molecule has 1 aromatic heterocycles. The Morgan fingerprint density at radius 3 is 2.67 bits per heavy atom. The molecule has 1 aliphatic heterocycles. The minimum Gasteiger partial charge on any atom is -0.477 e. The number of carboxylic acids is 1. The molecular formula is C23H26F3NO5S. The summed E-state index contributed by atoms with van der Waals surface area (Å²) in [4.78, 5) is 26.0. The van der Waals surface area contributed by atoms with Crippen molar-refractivity contribution < 1.29 is 38.1 Å². The molecule has 3 rings (SSSR count). The second-order valence-corrected chi connectivity index (χ2v) is 9.40. The quantitative estimate of drug-likeness (QED) is 0.476. The Hall–Kier alpha value is -2.43. The summed E-state index contributed by atoms with van der Waals surface area (Å²) in [7, 11) is 0. The number of benzene rings is 1. The Balaban J connectivity index is 1.51. The van der Waals surface area contributed by atoms with Crippen LogP contribution in [-0.4, -0.2) is 56.9 Å². The van der Waals surface area contributed by atoms with E-state index in [1.807, 2.05) is 0 Å². The van der Waals surface area contributed by atoms with Crippen molar-refractivity contribution in [1.82, 2.24) is 4.90 Å². The third kappa shape index (κ3) is 6.78. The molecule has 10 heteroatoms. The van der Waals surface area contributed by atoms with E-state index < -0.39 is 36.0 Å². The van der Waals surface area contributed by atoms with Gasteiger partial charge in [-0.2, -0.15) is 13.2 Å². The summed E-state index contributed by atoms with van der Waals surface area (Å²) in [6, 6.07) is 7.65. The van der Waals surface area contributed by atoms with E-state index in [0.717, 1.165) is 17.0 Å². The highest BCUT2D eigenvalue weighted by atomic mass is 32.1. The zero-order chi connectivity index (χ0) is 24.2. The summed E-state index contributed by atoms with van der Waals surface area (Å²) in [5.74, 6) is -1.16. The van der Waals surface area contributed by atoms with Gasteiger partial charge in [0.05, 0.1) is 30.2 Å². The number of carbonyl (C=O) groups is 2. The Labute approximate surface area is 193 Å². The summed E-state index contributed by atoms with van der Waals surface area (Å²) in [6.07, 6.45) is -4.42. The van der Waals surface area contributed by atoms with E-state index in [2.05, 4.69) is 0 Å². The average molecular weight is 486 g/mol. The molecule has 6 nitrogen and oxygen atoms in total. The lowest BCUT2D eigenvalue weighted by Gasteiger charge is -2.27. The van der Waals surface area contributed by atoms with Crippen LogP contribution in [-0.2, 0) is 23.8 Å². The number of aliphatic hydroxyl groups is 2. The zero-order valence-corrected chi connectivity index (χ0v) is 18.6. The van der Waals surface area contributed by atoms with E-state index in [0.29, 0.717) is 31.4 Å². The van der Waals surface area contributed by atoms with Gasteiger partial charge in [-0.25, -0.2) is 4.79 Å². The molecule has 1 aromatic carbocycles. The van der Waals surface area contributed by atoms with Gasteiger partial charge in [0.25, 0.3) is 0 Å². The number of aryl methyl sites for hydroxylation is 1. The lowest BCUT2D eigenvalue weighted by atomic mass is 9.98. The van der Waals surface area contributed by atoms with E-state index in [1.165, 1.54) is 23.5 Å². The number of alkyl halides is 3. The number of carboxylic acid groups (broad SMARTS) is 1. The van der Waals surface area contributed by atoms with Gasteiger partial charge in [-0.3, -0.25) is 4.79 Å². The fourth-order valence-corrected chi connectivity index (χ4v) is 5.01. The number of halogens is 3. The predicted octanol–water partition coefficient (Wildman–Crippen LogP) is 3.74. The standard InChI is InChI=1S/C23H26F3NO5S/c24-23(25,26)15-4-1-3-14(11-15)12-16(28)6-8-18-19(29)13-21(30)27(18)10-2-5-17-7-9-20(33-17)22(31)32/h1,3-4,7,9,11,16,18-19,28-29H,2,5-6,8,10,12-13H2,(H,31,32)/t16-,18+,19-/m1/s1. The van der Waals surface area contributed by atoms with Crippen molar-refractivity contribution in [2.24, 2.45) is 0 Å². The summed E-state index contributed by atoms with van der Waals surface area (Å²) in [5, 5.41) is 29.7. The molecule has 0 radical (unpaired) electrons.